The first-order chi connectivity index (χ1) is 11.8. The summed E-state index contributed by atoms with van der Waals surface area (Å²) in [6.07, 6.45) is -3.20. The molecule has 1 saturated heterocycles. The first-order valence-electron chi connectivity index (χ1n) is 7.98. The van der Waals surface area contributed by atoms with E-state index in [2.05, 4.69) is 0 Å². The number of rotatable bonds is 4. The van der Waals surface area contributed by atoms with Crippen molar-refractivity contribution in [3.8, 4) is 0 Å². The van der Waals surface area contributed by atoms with Crippen LogP contribution in [0.2, 0.25) is 0 Å². The molecule has 3 nitrogen and oxygen atoms in total. The summed E-state index contributed by atoms with van der Waals surface area (Å²) in [6, 6.07) is 5.97. The zero-order chi connectivity index (χ0) is 18.2. The summed E-state index contributed by atoms with van der Waals surface area (Å²) in [4.78, 5) is 14.3. The number of alkyl halides is 3. The van der Waals surface area contributed by atoms with Crippen LogP contribution in [0.25, 0.3) is 0 Å². The predicted octanol–water partition coefficient (Wildman–Crippen LogP) is 4.71. The molecule has 1 aromatic carbocycles. The number of benzene rings is 1. The third-order valence-electron chi connectivity index (χ3n) is 4.59. The second kappa shape index (κ2) is 6.80. The minimum Gasteiger partial charge on any atom is -0.480 e. The van der Waals surface area contributed by atoms with Crippen molar-refractivity contribution in [2.45, 2.75) is 38.0 Å². The van der Waals surface area contributed by atoms with Crippen molar-refractivity contribution in [3.63, 3.8) is 0 Å². The first kappa shape index (κ1) is 17.9. The van der Waals surface area contributed by atoms with E-state index in [-0.39, 0.29) is 0 Å². The fourth-order valence-electron chi connectivity index (χ4n) is 3.41. The van der Waals surface area contributed by atoms with Gasteiger partial charge in [-0.1, -0.05) is 12.1 Å². The van der Waals surface area contributed by atoms with E-state index in [0.29, 0.717) is 18.5 Å². The van der Waals surface area contributed by atoms with Gasteiger partial charge in [-0.15, -0.1) is 11.3 Å². The average molecular weight is 369 g/mol. The van der Waals surface area contributed by atoms with Crippen LogP contribution in [0.3, 0.4) is 0 Å². The Morgan fingerprint density at radius 3 is 2.72 bits per heavy atom. The number of nitrogens with zero attached hydrogens (tertiary/aromatic N) is 1. The van der Waals surface area contributed by atoms with Gasteiger partial charge in [0.2, 0.25) is 0 Å². The standard InChI is InChI=1S/C18H18F3NO2S/c1-11-7-9-25-16(11)15(22-8-3-6-14(22)17(23)24)12-4-2-5-13(10-12)18(19,20)21/h2,4-5,7,9-10,14-15H,3,6,8H2,1H3,(H,23,24). The zero-order valence-electron chi connectivity index (χ0n) is 13.6. The molecule has 134 valence electrons. The number of hydrogen-bond donors (Lipinski definition) is 1. The van der Waals surface area contributed by atoms with Crippen molar-refractivity contribution < 1.29 is 23.1 Å². The molecule has 1 aromatic heterocycles. The highest BCUT2D eigenvalue weighted by molar-refractivity contribution is 7.10. The van der Waals surface area contributed by atoms with Crippen LogP contribution >= 0.6 is 11.3 Å². The van der Waals surface area contributed by atoms with Gasteiger partial charge in [-0.05, 0) is 54.5 Å². The molecule has 0 aliphatic carbocycles. The fraction of sp³-hybridized carbons (Fsp3) is 0.389. The lowest BCUT2D eigenvalue weighted by Gasteiger charge is -2.32. The summed E-state index contributed by atoms with van der Waals surface area (Å²) in [5.41, 5.74) is 0.729. The number of halogens is 3. The molecule has 2 unspecified atom stereocenters. The summed E-state index contributed by atoms with van der Waals surface area (Å²) in [5.74, 6) is -0.927. The Morgan fingerprint density at radius 2 is 2.12 bits per heavy atom. The predicted molar refractivity (Wildman–Crippen MR) is 89.7 cm³/mol. The maximum absolute atomic E-state index is 13.1. The molecule has 7 heteroatoms. The lowest BCUT2D eigenvalue weighted by Crippen LogP contribution is -2.39. The number of carbonyl (C=O) groups is 1. The van der Waals surface area contributed by atoms with Crippen LogP contribution in [0.1, 0.15) is 40.5 Å². The van der Waals surface area contributed by atoms with E-state index in [1.807, 2.05) is 23.3 Å². The number of likely N-dealkylation sites (tertiary alicyclic amines) is 1. The molecule has 3 rings (SSSR count). The molecule has 1 N–H and O–H groups in total. The van der Waals surface area contributed by atoms with Gasteiger partial charge >= 0.3 is 12.1 Å². The van der Waals surface area contributed by atoms with Gasteiger partial charge in [0, 0.05) is 11.4 Å². The topological polar surface area (TPSA) is 40.5 Å². The highest BCUT2D eigenvalue weighted by Crippen LogP contribution is 2.40. The quantitative estimate of drug-likeness (QED) is 0.848. The second-order valence-electron chi connectivity index (χ2n) is 6.23. The average Bonchev–Trinajstić information content (AvgIpc) is 3.18. The number of thiophene rings is 1. The first-order valence-corrected chi connectivity index (χ1v) is 8.86. The number of carboxylic acids is 1. The van der Waals surface area contributed by atoms with Gasteiger partial charge in [0.05, 0.1) is 11.6 Å². The second-order valence-corrected chi connectivity index (χ2v) is 7.18. The molecule has 1 fully saturated rings. The minimum absolute atomic E-state index is 0.480. The summed E-state index contributed by atoms with van der Waals surface area (Å²) in [7, 11) is 0. The van der Waals surface area contributed by atoms with Crippen LogP contribution in [-0.4, -0.2) is 28.6 Å². The van der Waals surface area contributed by atoms with Crippen molar-refractivity contribution in [1.29, 1.82) is 0 Å². The SMILES string of the molecule is Cc1ccsc1C(c1cccc(C(F)(F)F)c1)N1CCCC1C(=O)O. The maximum Gasteiger partial charge on any atom is 0.416 e. The fourth-order valence-corrected chi connectivity index (χ4v) is 4.48. The van der Waals surface area contributed by atoms with Crippen LogP contribution in [-0.2, 0) is 11.0 Å². The van der Waals surface area contributed by atoms with Gasteiger partial charge in [0.25, 0.3) is 0 Å². The molecule has 1 aliphatic heterocycles. The third kappa shape index (κ3) is 3.57. The molecular formula is C18H18F3NO2S. The highest BCUT2D eigenvalue weighted by Gasteiger charge is 2.39. The van der Waals surface area contributed by atoms with Crippen molar-refractivity contribution in [2.75, 3.05) is 6.54 Å². The molecule has 2 heterocycles. The molecule has 0 bridgehead atoms. The van der Waals surface area contributed by atoms with E-state index in [1.54, 1.807) is 6.07 Å². The van der Waals surface area contributed by atoms with E-state index in [4.69, 9.17) is 0 Å². The molecule has 0 saturated carbocycles. The van der Waals surface area contributed by atoms with Crippen molar-refractivity contribution in [2.24, 2.45) is 0 Å². The number of aryl methyl sites for hydroxylation is 1. The largest absolute Gasteiger partial charge is 0.480 e. The minimum atomic E-state index is -4.43. The summed E-state index contributed by atoms with van der Waals surface area (Å²) in [6.45, 7) is 2.45. The Bertz CT molecular complexity index is 772. The number of hydrogen-bond acceptors (Lipinski definition) is 3. The van der Waals surface area contributed by atoms with Crippen molar-refractivity contribution in [1.82, 2.24) is 4.90 Å². The van der Waals surface area contributed by atoms with E-state index < -0.39 is 29.8 Å². The molecule has 0 amide bonds. The Balaban J connectivity index is 2.10. The van der Waals surface area contributed by atoms with Gasteiger partial charge in [-0.25, -0.2) is 0 Å². The molecule has 2 aromatic rings. The Hall–Kier alpha value is -1.86. The van der Waals surface area contributed by atoms with E-state index in [1.165, 1.54) is 17.4 Å². The molecule has 0 radical (unpaired) electrons. The van der Waals surface area contributed by atoms with Crippen molar-refractivity contribution >= 4 is 17.3 Å². The Labute approximate surface area is 147 Å². The number of aliphatic carboxylic acids is 1. The lowest BCUT2D eigenvalue weighted by atomic mass is 9.98. The maximum atomic E-state index is 13.1. The molecule has 0 spiro atoms. The zero-order valence-corrected chi connectivity index (χ0v) is 14.4. The van der Waals surface area contributed by atoms with E-state index in [0.717, 1.165) is 29.0 Å². The summed E-state index contributed by atoms with van der Waals surface area (Å²) in [5, 5.41) is 11.4. The van der Waals surface area contributed by atoms with Gasteiger partial charge in [0.15, 0.2) is 0 Å². The monoisotopic (exact) mass is 369 g/mol. The molecule has 25 heavy (non-hydrogen) atoms. The van der Waals surface area contributed by atoms with Crippen LogP contribution in [0.4, 0.5) is 13.2 Å². The van der Waals surface area contributed by atoms with Crippen molar-refractivity contribution in [3.05, 3.63) is 57.3 Å². The molecule has 2 atom stereocenters. The summed E-state index contributed by atoms with van der Waals surface area (Å²) < 4.78 is 39.4. The van der Waals surface area contributed by atoms with Gasteiger partial charge in [0.1, 0.15) is 6.04 Å². The highest BCUT2D eigenvalue weighted by atomic mass is 32.1. The van der Waals surface area contributed by atoms with Crippen LogP contribution < -0.4 is 0 Å². The van der Waals surface area contributed by atoms with Crippen LogP contribution in [0, 0.1) is 6.92 Å². The van der Waals surface area contributed by atoms with Crippen LogP contribution in [0.15, 0.2) is 35.7 Å². The Kier molecular flexibility index (Phi) is 4.88. The van der Waals surface area contributed by atoms with E-state index in [9.17, 15) is 23.1 Å². The Morgan fingerprint density at radius 1 is 1.36 bits per heavy atom. The van der Waals surface area contributed by atoms with Crippen LogP contribution in [0.5, 0.6) is 0 Å². The lowest BCUT2D eigenvalue weighted by molar-refractivity contribution is -0.143. The van der Waals surface area contributed by atoms with E-state index >= 15 is 0 Å². The van der Waals surface area contributed by atoms with Gasteiger partial charge < -0.3 is 5.11 Å². The molecule has 1 aliphatic rings. The normalized spacial score (nSPS) is 19.9. The van der Waals surface area contributed by atoms with Gasteiger partial charge in [-0.2, -0.15) is 13.2 Å². The number of carboxylic acid groups (broad SMARTS) is 1. The smallest absolute Gasteiger partial charge is 0.416 e. The molecular weight excluding hydrogens is 351 g/mol. The van der Waals surface area contributed by atoms with Gasteiger partial charge in [-0.3, -0.25) is 9.69 Å². The third-order valence-corrected chi connectivity index (χ3v) is 5.66. The summed E-state index contributed by atoms with van der Waals surface area (Å²) >= 11 is 1.45.